The summed E-state index contributed by atoms with van der Waals surface area (Å²) in [6.07, 6.45) is 1.67. The van der Waals surface area contributed by atoms with Crippen LogP contribution in [0.5, 0.6) is 0 Å². The average molecular weight is 363 g/mol. The van der Waals surface area contributed by atoms with Crippen molar-refractivity contribution in [2.24, 2.45) is 0 Å². The summed E-state index contributed by atoms with van der Waals surface area (Å²) in [5, 5.41) is 6.48. The number of benzene rings is 1. The molecule has 1 fully saturated rings. The molecule has 1 aliphatic rings. The number of pyridine rings is 1. The van der Waals surface area contributed by atoms with E-state index in [1.165, 1.54) is 5.69 Å². The van der Waals surface area contributed by atoms with Gasteiger partial charge in [0.15, 0.2) is 5.82 Å². The maximum absolute atomic E-state index is 12.4. The first-order valence-corrected chi connectivity index (χ1v) is 8.95. The smallest absolute Gasteiger partial charge is 0.275 e. The van der Waals surface area contributed by atoms with Crippen molar-refractivity contribution in [3.8, 4) is 0 Å². The molecule has 1 saturated heterocycles. The number of nitrogens with zero attached hydrogens (tertiary/aromatic N) is 4. The summed E-state index contributed by atoms with van der Waals surface area (Å²) < 4.78 is 4.97. The Morgan fingerprint density at radius 2 is 1.70 bits per heavy atom. The zero-order valence-corrected chi connectivity index (χ0v) is 15.1. The van der Waals surface area contributed by atoms with E-state index in [2.05, 4.69) is 49.5 Å². The third-order valence-electron chi connectivity index (χ3n) is 4.61. The van der Waals surface area contributed by atoms with Crippen LogP contribution in [0.15, 0.2) is 59.3 Å². The normalized spacial score (nSPS) is 14.3. The summed E-state index contributed by atoms with van der Waals surface area (Å²) in [5.74, 6) is 0.734. The van der Waals surface area contributed by atoms with Crippen LogP contribution in [-0.4, -0.2) is 42.2 Å². The summed E-state index contributed by atoms with van der Waals surface area (Å²) in [5.41, 5.74) is 2.60. The molecule has 7 heteroatoms. The molecule has 4 rings (SSSR count). The lowest BCUT2D eigenvalue weighted by atomic mass is 10.2. The molecule has 0 spiro atoms. The van der Waals surface area contributed by atoms with E-state index in [-0.39, 0.29) is 5.91 Å². The predicted octanol–water partition coefficient (Wildman–Crippen LogP) is 2.96. The van der Waals surface area contributed by atoms with Gasteiger partial charge in [-0.1, -0.05) is 23.4 Å². The summed E-state index contributed by atoms with van der Waals surface area (Å²) in [6, 6.07) is 15.9. The second-order valence-electron chi connectivity index (χ2n) is 6.49. The first-order valence-electron chi connectivity index (χ1n) is 8.95. The minimum Gasteiger partial charge on any atom is -0.368 e. The highest BCUT2D eigenvalue weighted by molar-refractivity contribution is 6.02. The first-order chi connectivity index (χ1) is 13.2. The van der Waals surface area contributed by atoms with Crippen LogP contribution in [0.2, 0.25) is 0 Å². The molecule has 3 aromatic rings. The number of carbonyl (C=O) groups is 1. The number of anilines is 3. The van der Waals surface area contributed by atoms with Crippen molar-refractivity contribution >= 4 is 23.1 Å². The average Bonchev–Trinajstić information content (AvgIpc) is 3.13. The number of hydrogen-bond donors (Lipinski definition) is 1. The van der Waals surface area contributed by atoms with Crippen LogP contribution < -0.4 is 15.1 Å². The molecule has 3 heterocycles. The molecule has 1 N–H and O–H groups in total. The van der Waals surface area contributed by atoms with E-state index >= 15 is 0 Å². The van der Waals surface area contributed by atoms with Crippen LogP contribution in [0.3, 0.4) is 0 Å². The minimum absolute atomic E-state index is 0.298. The Morgan fingerprint density at radius 1 is 1.00 bits per heavy atom. The molecular weight excluding hydrogens is 342 g/mol. The first kappa shape index (κ1) is 17.1. The maximum atomic E-state index is 12.4. The topological polar surface area (TPSA) is 74.5 Å². The number of aromatic nitrogens is 2. The molecule has 1 aromatic carbocycles. The molecule has 0 unspecified atom stereocenters. The SMILES string of the molecule is Cc1cc(NC(=O)c2cc(N3CCN(c4ccccc4)CC3)ccn2)no1. The fourth-order valence-corrected chi connectivity index (χ4v) is 3.21. The van der Waals surface area contributed by atoms with Gasteiger partial charge in [-0.15, -0.1) is 0 Å². The second-order valence-corrected chi connectivity index (χ2v) is 6.49. The van der Waals surface area contributed by atoms with Gasteiger partial charge in [-0.3, -0.25) is 9.78 Å². The molecule has 2 aromatic heterocycles. The van der Waals surface area contributed by atoms with Gasteiger partial charge in [-0.25, -0.2) is 0 Å². The Labute approximate surface area is 157 Å². The minimum atomic E-state index is -0.298. The Hall–Kier alpha value is -3.35. The highest BCUT2D eigenvalue weighted by Gasteiger charge is 2.19. The quantitative estimate of drug-likeness (QED) is 0.768. The number of amides is 1. The Kier molecular flexibility index (Phi) is 4.74. The van der Waals surface area contributed by atoms with Crippen molar-refractivity contribution < 1.29 is 9.32 Å². The molecule has 0 saturated carbocycles. The van der Waals surface area contributed by atoms with Gasteiger partial charge in [0.05, 0.1) is 0 Å². The van der Waals surface area contributed by atoms with Crippen molar-refractivity contribution in [2.75, 3.05) is 41.3 Å². The van der Waals surface area contributed by atoms with E-state index in [1.807, 2.05) is 18.2 Å². The fraction of sp³-hybridized carbons (Fsp3) is 0.250. The Balaban J connectivity index is 1.41. The van der Waals surface area contributed by atoms with Gasteiger partial charge in [-0.05, 0) is 31.2 Å². The maximum Gasteiger partial charge on any atom is 0.275 e. The van der Waals surface area contributed by atoms with E-state index in [0.29, 0.717) is 17.3 Å². The molecule has 0 radical (unpaired) electrons. The molecule has 1 amide bonds. The van der Waals surface area contributed by atoms with E-state index < -0.39 is 0 Å². The van der Waals surface area contributed by atoms with E-state index in [0.717, 1.165) is 31.9 Å². The lowest BCUT2D eigenvalue weighted by Gasteiger charge is -2.37. The van der Waals surface area contributed by atoms with Gasteiger partial charge >= 0.3 is 0 Å². The van der Waals surface area contributed by atoms with Gasteiger partial charge in [-0.2, -0.15) is 0 Å². The molecular formula is C20H21N5O2. The molecule has 0 bridgehead atoms. The standard InChI is InChI=1S/C20H21N5O2/c1-15-13-19(23-27-15)22-20(26)18-14-17(7-8-21-18)25-11-9-24(10-12-25)16-5-3-2-4-6-16/h2-8,13-14H,9-12H2,1H3,(H,22,23,26). The van der Waals surface area contributed by atoms with Gasteiger partial charge in [0.25, 0.3) is 5.91 Å². The van der Waals surface area contributed by atoms with Crippen molar-refractivity contribution in [2.45, 2.75) is 6.92 Å². The summed E-state index contributed by atoms with van der Waals surface area (Å²) in [6.45, 7) is 5.43. The zero-order chi connectivity index (χ0) is 18.6. The number of carbonyl (C=O) groups excluding carboxylic acids is 1. The van der Waals surface area contributed by atoms with Crippen molar-refractivity contribution in [1.29, 1.82) is 0 Å². The van der Waals surface area contributed by atoms with Crippen LogP contribution in [-0.2, 0) is 0 Å². The molecule has 138 valence electrons. The van der Waals surface area contributed by atoms with E-state index in [4.69, 9.17) is 4.52 Å². The van der Waals surface area contributed by atoms with Gasteiger partial charge in [0.1, 0.15) is 11.5 Å². The number of para-hydroxylation sites is 1. The number of rotatable bonds is 4. The van der Waals surface area contributed by atoms with Crippen LogP contribution in [0.1, 0.15) is 16.2 Å². The monoisotopic (exact) mass is 363 g/mol. The second kappa shape index (κ2) is 7.49. The Morgan fingerprint density at radius 3 is 2.37 bits per heavy atom. The van der Waals surface area contributed by atoms with Crippen LogP contribution in [0.4, 0.5) is 17.2 Å². The summed E-state index contributed by atoms with van der Waals surface area (Å²) in [4.78, 5) is 21.3. The van der Waals surface area contributed by atoms with Gasteiger partial charge in [0.2, 0.25) is 0 Å². The number of hydrogen-bond acceptors (Lipinski definition) is 6. The number of piperazine rings is 1. The third kappa shape index (κ3) is 3.92. The van der Waals surface area contributed by atoms with Gasteiger partial charge in [0, 0.05) is 49.8 Å². The molecule has 7 nitrogen and oxygen atoms in total. The van der Waals surface area contributed by atoms with Gasteiger partial charge < -0.3 is 19.6 Å². The fourth-order valence-electron chi connectivity index (χ4n) is 3.21. The summed E-state index contributed by atoms with van der Waals surface area (Å²) in [7, 11) is 0. The largest absolute Gasteiger partial charge is 0.368 e. The van der Waals surface area contributed by atoms with Crippen LogP contribution in [0, 0.1) is 6.92 Å². The van der Waals surface area contributed by atoms with E-state index in [1.54, 1.807) is 19.2 Å². The predicted molar refractivity (Wildman–Crippen MR) is 104 cm³/mol. The molecule has 0 aliphatic carbocycles. The Bertz CT molecular complexity index is 917. The third-order valence-corrected chi connectivity index (χ3v) is 4.61. The van der Waals surface area contributed by atoms with E-state index in [9.17, 15) is 4.79 Å². The number of aryl methyl sites for hydroxylation is 1. The van der Waals surface area contributed by atoms with Crippen molar-refractivity contribution in [3.05, 3.63) is 66.2 Å². The van der Waals surface area contributed by atoms with Crippen molar-refractivity contribution in [1.82, 2.24) is 10.1 Å². The molecule has 0 atom stereocenters. The highest BCUT2D eigenvalue weighted by atomic mass is 16.5. The molecule has 1 aliphatic heterocycles. The van der Waals surface area contributed by atoms with Crippen molar-refractivity contribution in [3.63, 3.8) is 0 Å². The lowest BCUT2D eigenvalue weighted by molar-refractivity contribution is 0.102. The highest BCUT2D eigenvalue weighted by Crippen LogP contribution is 2.21. The molecule has 27 heavy (non-hydrogen) atoms. The lowest BCUT2D eigenvalue weighted by Crippen LogP contribution is -2.46. The van der Waals surface area contributed by atoms with Crippen LogP contribution >= 0.6 is 0 Å². The zero-order valence-electron chi connectivity index (χ0n) is 15.1. The van der Waals surface area contributed by atoms with Crippen LogP contribution in [0.25, 0.3) is 0 Å². The summed E-state index contributed by atoms with van der Waals surface area (Å²) >= 11 is 0. The number of nitrogens with one attached hydrogen (secondary N) is 1.